The van der Waals surface area contributed by atoms with Gasteiger partial charge < -0.3 is 18.3 Å². The van der Waals surface area contributed by atoms with Gasteiger partial charge in [0.1, 0.15) is 5.01 Å². The van der Waals surface area contributed by atoms with Crippen LogP contribution < -0.4 is 0 Å². The van der Waals surface area contributed by atoms with Crippen LogP contribution in [0.25, 0.3) is 165 Å². The Hall–Kier alpha value is -11.5. The monoisotopic (exact) mass is 1110 g/mol. The minimum Gasteiger partial charge on any atom is -0.306 e. The smallest absolute Gasteiger partial charge is 0.160 e. The molecule has 0 aliphatic carbocycles. The van der Waals surface area contributed by atoms with E-state index in [0.717, 1.165) is 153 Å². The molecule has 12 heteroatoms. The van der Waals surface area contributed by atoms with Gasteiger partial charge in [-0.25, -0.2) is 15.0 Å². The van der Waals surface area contributed by atoms with Crippen molar-refractivity contribution in [2.24, 2.45) is 0 Å². The van der Waals surface area contributed by atoms with Crippen molar-refractivity contribution in [3.63, 3.8) is 0 Å². The summed E-state index contributed by atoms with van der Waals surface area (Å²) in [6, 6.07) is 74.9. The lowest BCUT2D eigenvalue weighted by molar-refractivity contribution is 1.02. The number of para-hydroxylation sites is 5. The van der Waals surface area contributed by atoms with Gasteiger partial charge in [0.25, 0.3) is 0 Å². The van der Waals surface area contributed by atoms with Crippen molar-refractivity contribution >= 4 is 109 Å². The van der Waals surface area contributed by atoms with Crippen molar-refractivity contribution in [2.75, 3.05) is 0 Å². The molecule has 85 heavy (non-hydrogen) atoms. The predicted octanol–water partition coefficient (Wildman–Crippen LogP) is 17.7. The van der Waals surface area contributed by atoms with Crippen molar-refractivity contribution < 1.29 is 0 Å². The second kappa shape index (κ2) is 18.5. The SMILES string of the molecule is c1ccc(-c2cc(-c3c(-c4nc5ccccc5s4)c(-n4c5ccccc5c5cnccc54)c(-n4c5ccccc5c5cnccc54)c(-n4c5ccccc5c5cnccc54)c3-n3c4ccccc4c4cnccc43)nc(-c3ccccc3)n2)cc1. The topological polar surface area (TPSA) is 110 Å². The number of fused-ring (bicyclic) bond motifs is 13. The van der Waals surface area contributed by atoms with Gasteiger partial charge in [-0.1, -0.05) is 146 Å². The van der Waals surface area contributed by atoms with E-state index in [0.29, 0.717) is 11.5 Å². The molecular formula is C73H43N11S. The molecule has 0 N–H and O–H groups in total. The first-order valence-corrected chi connectivity index (χ1v) is 29.0. The number of hydrogen-bond acceptors (Lipinski definition) is 8. The first-order chi connectivity index (χ1) is 42.2. The number of hydrogen-bond donors (Lipinski definition) is 0. The lowest BCUT2D eigenvalue weighted by Crippen LogP contribution is -2.17. The molecule has 8 aromatic carbocycles. The number of benzene rings is 8. The van der Waals surface area contributed by atoms with E-state index in [9.17, 15) is 0 Å². The molecular weight excluding hydrogens is 1060 g/mol. The normalized spacial score (nSPS) is 12.0. The fourth-order valence-corrected chi connectivity index (χ4v) is 14.3. The average molecular weight is 1110 g/mol. The summed E-state index contributed by atoms with van der Waals surface area (Å²) in [4.78, 5) is 36.7. The Labute approximate surface area is 488 Å². The highest BCUT2D eigenvalue weighted by atomic mass is 32.1. The summed E-state index contributed by atoms with van der Waals surface area (Å²) >= 11 is 1.68. The fraction of sp³-hybridized carbons (Fsp3) is 0. The zero-order chi connectivity index (χ0) is 55.7. The molecule has 396 valence electrons. The predicted molar refractivity (Wildman–Crippen MR) is 345 cm³/mol. The van der Waals surface area contributed by atoms with Crippen LogP contribution in [0.5, 0.6) is 0 Å². The number of rotatable bonds is 8. The zero-order valence-electron chi connectivity index (χ0n) is 45.2. The molecule has 0 saturated carbocycles. The molecule has 0 radical (unpaired) electrons. The second-order valence-electron chi connectivity index (χ2n) is 21.3. The van der Waals surface area contributed by atoms with Gasteiger partial charge >= 0.3 is 0 Å². The maximum atomic E-state index is 5.94. The molecule has 10 aromatic heterocycles. The number of thiazole rings is 1. The third kappa shape index (κ3) is 6.97. The average Bonchev–Trinajstić information content (AvgIpc) is 1.69. The molecule has 10 heterocycles. The van der Waals surface area contributed by atoms with Crippen LogP contribution in [-0.4, -0.2) is 53.2 Å². The Morgan fingerprint density at radius 2 is 0.647 bits per heavy atom. The standard InChI is InChI=1S/C73H43N11S/c1-3-17-44(18-4-1)55-39-56(79-72(78-55)45-19-5-2-6-20-45)66-67(73-80-54-25-11-16-30-65(54)85-73)69(82-58-27-13-8-22-47(58)51-41-75-36-32-62(51)82)71(84-60-29-15-10-24-49(60)53-43-77-38-34-64(53)84)70(83-59-28-14-9-23-48(59)52-42-76-37-33-63(52)83)68(66)81-57-26-12-7-21-46(57)50-40-74-35-31-61(50)81/h1-43H. The molecule has 11 nitrogen and oxygen atoms in total. The Balaban J connectivity index is 1.22. The minimum atomic E-state index is 0.581. The second-order valence-corrected chi connectivity index (χ2v) is 22.3. The van der Waals surface area contributed by atoms with Crippen LogP contribution in [0.3, 0.4) is 0 Å². The first kappa shape index (κ1) is 47.2. The highest BCUT2D eigenvalue weighted by Crippen LogP contribution is 2.55. The van der Waals surface area contributed by atoms with Crippen LogP contribution in [0, 0.1) is 0 Å². The van der Waals surface area contributed by atoms with E-state index < -0.39 is 0 Å². The summed E-state index contributed by atoms with van der Waals surface area (Å²) in [6.45, 7) is 0. The quantitative estimate of drug-likeness (QED) is 0.149. The van der Waals surface area contributed by atoms with Crippen LogP contribution in [-0.2, 0) is 0 Å². The number of nitrogens with zero attached hydrogens (tertiary/aromatic N) is 11. The molecule has 0 bridgehead atoms. The maximum Gasteiger partial charge on any atom is 0.160 e. The molecule has 0 aliphatic heterocycles. The van der Waals surface area contributed by atoms with Gasteiger partial charge in [-0.2, -0.15) is 0 Å². The van der Waals surface area contributed by atoms with Gasteiger partial charge in [-0.3, -0.25) is 19.9 Å². The Morgan fingerprint density at radius 1 is 0.282 bits per heavy atom. The largest absolute Gasteiger partial charge is 0.306 e. The molecule has 0 aliphatic rings. The summed E-state index contributed by atoms with van der Waals surface area (Å²) < 4.78 is 11.0. The van der Waals surface area contributed by atoms with Crippen molar-refractivity contribution in [1.29, 1.82) is 0 Å². The van der Waals surface area contributed by atoms with E-state index in [1.165, 1.54) is 0 Å². The highest BCUT2D eigenvalue weighted by molar-refractivity contribution is 7.21. The van der Waals surface area contributed by atoms with Crippen LogP contribution in [0.2, 0.25) is 0 Å². The molecule has 0 atom stereocenters. The van der Waals surface area contributed by atoms with E-state index in [1.807, 2.05) is 55.6 Å². The van der Waals surface area contributed by atoms with Gasteiger partial charge in [0.2, 0.25) is 0 Å². The first-order valence-electron chi connectivity index (χ1n) is 28.2. The Bertz CT molecular complexity index is 5450. The van der Waals surface area contributed by atoms with E-state index in [4.69, 9.17) is 34.9 Å². The summed E-state index contributed by atoms with van der Waals surface area (Å²) in [6.07, 6.45) is 15.7. The van der Waals surface area contributed by atoms with Crippen molar-refractivity contribution in [3.8, 4) is 67.2 Å². The molecule has 18 aromatic rings. The zero-order valence-corrected chi connectivity index (χ0v) is 46.0. The summed E-state index contributed by atoms with van der Waals surface area (Å²) in [5.41, 5.74) is 17.3. The van der Waals surface area contributed by atoms with Crippen LogP contribution >= 0.6 is 11.3 Å². The molecule has 18 rings (SSSR count). The highest BCUT2D eigenvalue weighted by Gasteiger charge is 2.37. The number of aromatic nitrogens is 11. The molecule has 0 unspecified atom stereocenters. The maximum absolute atomic E-state index is 5.94. The van der Waals surface area contributed by atoms with Crippen LogP contribution in [0.1, 0.15) is 0 Å². The summed E-state index contributed by atoms with van der Waals surface area (Å²) in [5.74, 6) is 0.581. The van der Waals surface area contributed by atoms with Gasteiger partial charge in [0.05, 0.1) is 88.5 Å². The van der Waals surface area contributed by atoms with Crippen molar-refractivity contribution in [3.05, 3.63) is 262 Å². The lowest BCUT2D eigenvalue weighted by atomic mass is 9.93. The van der Waals surface area contributed by atoms with Gasteiger partial charge in [0, 0.05) is 115 Å². The summed E-state index contributed by atoms with van der Waals surface area (Å²) in [5, 5.41) is 9.07. The van der Waals surface area contributed by atoms with E-state index >= 15 is 0 Å². The lowest BCUT2D eigenvalue weighted by Gasteiger charge is -2.30. The van der Waals surface area contributed by atoms with Gasteiger partial charge in [0.15, 0.2) is 5.82 Å². The molecule has 0 saturated heterocycles. The van der Waals surface area contributed by atoms with E-state index in [-0.39, 0.29) is 0 Å². The molecule has 0 spiro atoms. The third-order valence-electron chi connectivity index (χ3n) is 16.8. The minimum absolute atomic E-state index is 0.581. The van der Waals surface area contributed by atoms with Crippen LogP contribution in [0.15, 0.2) is 262 Å². The summed E-state index contributed by atoms with van der Waals surface area (Å²) in [7, 11) is 0. The van der Waals surface area contributed by atoms with E-state index in [2.05, 4.69) is 225 Å². The van der Waals surface area contributed by atoms with Crippen molar-refractivity contribution in [1.82, 2.24) is 53.2 Å². The third-order valence-corrected chi connectivity index (χ3v) is 17.8. The molecule has 0 amide bonds. The molecule has 0 fully saturated rings. The number of pyridine rings is 4. The Morgan fingerprint density at radius 3 is 1.11 bits per heavy atom. The van der Waals surface area contributed by atoms with E-state index in [1.54, 1.807) is 11.3 Å². The van der Waals surface area contributed by atoms with Gasteiger partial charge in [-0.15, -0.1) is 11.3 Å². The van der Waals surface area contributed by atoms with Crippen molar-refractivity contribution in [2.45, 2.75) is 0 Å². The van der Waals surface area contributed by atoms with Gasteiger partial charge in [-0.05, 0) is 66.7 Å². The fourth-order valence-electron chi connectivity index (χ4n) is 13.3. The Kier molecular flexibility index (Phi) is 10.3. The van der Waals surface area contributed by atoms with Crippen LogP contribution in [0.4, 0.5) is 0 Å².